The van der Waals surface area contributed by atoms with Crippen LogP contribution in [-0.4, -0.2) is 34.9 Å². The molecule has 0 aromatic rings. The van der Waals surface area contributed by atoms with Crippen molar-refractivity contribution in [2.24, 2.45) is 0 Å². The molecule has 0 aliphatic heterocycles. The average Bonchev–Trinajstić information content (AvgIpc) is 2.23. The Balaban J connectivity index is -0.000000266. The Morgan fingerprint density at radius 2 is 1.43 bits per heavy atom. The monoisotopic (exact) mass is 207 g/mol. The van der Waals surface area contributed by atoms with Crippen LogP contribution >= 0.6 is 0 Å². The Morgan fingerprint density at radius 3 is 1.50 bits per heavy atom. The number of aliphatic hydroxyl groups is 2. The minimum atomic E-state index is -0.883. The molecule has 0 aliphatic carbocycles. The SMILES string of the molecule is CC.CC.CC(=O)NC(C)(CO)CO. The van der Waals surface area contributed by atoms with E-state index in [-0.39, 0.29) is 19.1 Å². The molecular formula is C10H25NO3. The van der Waals surface area contributed by atoms with Crippen molar-refractivity contribution in [1.29, 1.82) is 0 Å². The van der Waals surface area contributed by atoms with Crippen LogP contribution in [0, 0.1) is 0 Å². The molecule has 0 unspecified atom stereocenters. The van der Waals surface area contributed by atoms with Gasteiger partial charge in [-0.2, -0.15) is 0 Å². The summed E-state index contributed by atoms with van der Waals surface area (Å²) in [4.78, 5) is 10.4. The van der Waals surface area contributed by atoms with Gasteiger partial charge < -0.3 is 15.5 Å². The second-order valence-corrected chi connectivity index (χ2v) is 2.56. The number of hydrogen-bond donors (Lipinski definition) is 3. The highest BCUT2D eigenvalue weighted by Crippen LogP contribution is 1.99. The summed E-state index contributed by atoms with van der Waals surface area (Å²) >= 11 is 0. The van der Waals surface area contributed by atoms with Crippen molar-refractivity contribution in [3.05, 3.63) is 0 Å². The van der Waals surface area contributed by atoms with E-state index in [4.69, 9.17) is 10.2 Å². The Bertz CT molecular complexity index is 123. The molecule has 1 amide bonds. The molecule has 88 valence electrons. The van der Waals surface area contributed by atoms with Gasteiger partial charge in [-0.3, -0.25) is 4.79 Å². The van der Waals surface area contributed by atoms with Crippen molar-refractivity contribution in [3.8, 4) is 0 Å². The van der Waals surface area contributed by atoms with E-state index in [0.717, 1.165) is 0 Å². The van der Waals surface area contributed by atoms with Gasteiger partial charge in [-0.15, -0.1) is 0 Å². The smallest absolute Gasteiger partial charge is 0.217 e. The van der Waals surface area contributed by atoms with Crippen molar-refractivity contribution < 1.29 is 15.0 Å². The van der Waals surface area contributed by atoms with E-state index in [9.17, 15) is 4.79 Å². The Labute approximate surface area is 87.3 Å². The topological polar surface area (TPSA) is 69.6 Å². The van der Waals surface area contributed by atoms with Gasteiger partial charge in [0.2, 0.25) is 5.91 Å². The standard InChI is InChI=1S/C6H13NO3.2C2H6/c1-5(10)7-6(2,3-8)4-9;2*1-2/h8-9H,3-4H2,1-2H3,(H,7,10);2*1-2H3. The number of carbonyl (C=O) groups is 1. The summed E-state index contributed by atoms with van der Waals surface area (Å²) < 4.78 is 0. The molecule has 0 aromatic carbocycles. The number of nitrogens with one attached hydrogen (secondary N) is 1. The van der Waals surface area contributed by atoms with E-state index in [1.54, 1.807) is 6.92 Å². The van der Waals surface area contributed by atoms with Gasteiger partial charge in [0.15, 0.2) is 0 Å². The molecule has 0 aromatic heterocycles. The van der Waals surface area contributed by atoms with Crippen LogP contribution in [0.3, 0.4) is 0 Å². The zero-order valence-electron chi connectivity index (χ0n) is 10.2. The van der Waals surface area contributed by atoms with Crippen LogP contribution in [0.1, 0.15) is 41.5 Å². The summed E-state index contributed by atoms with van der Waals surface area (Å²) in [6.07, 6.45) is 0. The highest BCUT2D eigenvalue weighted by atomic mass is 16.3. The van der Waals surface area contributed by atoms with Crippen molar-refractivity contribution >= 4 is 5.91 Å². The van der Waals surface area contributed by atoms with Gasteiger partial charge in [-0.25, -0.2) is 0 Å². The van der Waals surface area contributed by atoms with Crippen molar-refractivity contribution in [2.75, 3.05) is 13.2 Å². The first-order chi connectivity index (χ1) is 6.54. The zero-order chi connectivity index (χ0) is 12.2. The van der Waals surface area contributed by atoms with E-state index in [2.05, 4.69) is 5.32 Å². The molecular weight excluding hydrogens is 182 g/mol. The van der Waals surface area contributed by atoms with Gasteiger partial charge in [0, 0.05) is 6.92 Å². The van der Waals surface area contributed by atoms with Gasteiger partial charge in [-0.1, -0.05) is 27.7 Å². The van der Waals surface area contributed by atoms with Crippen LogP contribution in [0.4, 0.5) is 0 Å². The Kier molecular flexibility index (Phi) is 16.9. The molecule has 0 rings (SSSR count). The molecule has 0 spiro atoms. The van der Waals surface area contributed by atoms with Gasteiger partial charge in [0.25, 0.3) is 0 Å². The van der Waals surface area contributed by atoms with E-state index >= 15 is 0 Å². The second-order valence-electron chi connectivity index (χ2n) is 2.56. The quantitative estimate of drug-likeness (QED) is 0.644. The first-order valence-electron chi connectivity index (χ1n) is 5.04. The van der Waals surface area contributed by atoms with E-state index in [1.165, 1.54) is 6.92 Å². The molecule has 4 nitrogen and oxygen atoms in total. The molecule has 0 saturated heterocycles. The van der Waals surface area contributed by atoms with Crippen LogP contribution in [-0.2, 0) is 4.79 Å². The molecule has 3 N–H and O–H groups in total. The maximum Gasteiger partial charge on any atom is 0.217 e. The van der Waals surface area contributed by atoms with Crippen molar-refractivity contribution in [3.63, 3.8) is 0 Å². The third-order valence-electron chi connectivity index (χ3n) is 1.18. The fourth-order valence-corrected chi connectivity index (χ4v) is 0.554. The number of hydrogen-bond acceptors (Lipinski definition) is 3. The van der Waals surface area contributed by atoms with Crippen LogP contribution in [0.15, 0.2) is 0 Å². The Morgan fingerprint density at radius 1 is 1.14 bits per heavy atom. The lowest BCUT2D eigenvalue weighted by Gasteiger charge is -2.24. The van der Waals surface area contributed by atoms with Gasteiger partial charge >= 0.3 is 0 Å². The number of amides is 1. The lowest BCUT2D eigenvalue weighted by atomic mass is 10.1. The number of carbonyl (C=O) groups excluding carboxylic acids is 1. The second kappa shape index (κ2) is 12.4. The van der Waals surface area contributed by atoms with Crippen LogP contribution in [0.2, 0.25) is 0 Å². The first-order valence-corrected chi connectivity index (χ1v) is 5.04. The van der Waals surface area contributed by atoms with Crippen molar-refractivity contribution in [1.82, 2.24) is 5.32 Å². The molecule has 0 radical (unpaired) electrons. The molecule has 14 heavy (non-hydrogen) atoms. The maximum absolute atomic E-state index is 10.4. The average molecular weight is 207 g/mol. The lowest BCUT2D eigenvalue weighted by molar-refractivity contribution is -0.121. The van der Waals surface area contributed by atoms with Crippen LogP contribution in [0.25, 0.3) is 0 Å². The van der Waals surface area contributed by atoms with E-state index < -0.39 is 5.54 Å². The maximum atomic E-state index is 10.4. The van der Waals surface area contributed by atoms with Crippen molar-refractivity contribution in [2.45, 2.75) is 47.1 Å². The molecule has 0 fully saturated rings. The first kappa shape index (κ1) is 19.0. The molecule has 0 saturated carbocycles. The minimum Gasteiger partial charge on any atom is -0.394 e. The van der Waals surface area contributed by atoms with E-state index in [1.807, 2.05) is 27.7 Å². The summed E-state index contributed by atoms with van der Waals surface area (Å²) in [7, 11) is 0. The predicted octanol–water partition coefficient (Wildman–Crippen LogP) is 0.918. The fourth-order valence-electron chi connectivity index (χ4n) is 0.554. The normalized spacial score (nSPS) is 8.86. The largest absolute Gasteiger partial charge is 0.394 e. The highest BCUT2D eigenvalue weighted by Gasteiger charge is 2.22. The predicted molar refractivity (Wildman–Crippen MR) is 59.1 cm³/mol. The third kappa shape index (κ3) is 11.4. The summed E-state index contributed by atoms with van der Waals surface area (Å²) in [5.74, 6) is -0.259. The molecule has 0 atom stereocenters. The third-order valence-corrected chi connectivity index (χ3v) is 1.18. The fraction of sp³-hybridized carbons (Fsp3) is 0.900. The zero-order valence-corrected chi connectivity index (χ0v) is 10.2. The van der Waals surface area contributed by atoms with Gasteiger partial charge in [0.05, 0.1) is 18.8 Å². The molecule has 0 bridgehead atoms. The molecule has 4 heteroatoms. The van der Waals surface area contributed by atoms with Crippen LogP contribution in [0.5, 0.6) is 0 Å². The Hall–Kier alpha value is -0.610. The van der Waals surface area contributed by atoms with E-state index in [0.29, 0.717) is 0 Å². The minimum absolute atomic E-state index is 0.259. The molecule has 0 heterocycles. The summed E-state index contributed by atoms with van der Waals surface area (Å²) in [6, 6.07) is 0. The number of aliphatic hydroxyl groups excluding tert-OH is 2. The summed E-state index contributed by atoms with van der Waals surface area (Å²) in [6.45, 7) is 10.4. The number of rotatable bonds is 3. The lowest BCUT2D eigenvalue weighted by Crippen LogP contribution is -2.50. The van der Waals surface area contributed by atoms with Gasteiger partial charge in [0.1, 0.15) is 0 Å². The highest BCUT2D eigenvalue weighted by molar-refractivity contribution is 5.73. The van der Waals surface area contributed by atoms with Crippen LogP contribution < -0.4 is 5.32 Å². The summed E-state index contributed by atoms with van der Waals surface area (Å²) in [5, 5.41) is 19.7. The molecule has 0 aliphatic rings. The van der Waals surface area contributed by atoms with Gasteiger partial charge in [-0.05, 0) is 6.92 Å². The summed E-state index contributed by atoms with van der Waals surface area (Å²) in [5.41, 5.74) is -0.883.